The van der Waals surface area contributed by atoms with Crippen LogP contribution in [-0.4, -0.2) is 9.66 Å². The molecule has 1 aromatic carbocycles. The molecule has 1 atom stereocenters. The molecule has 0 radical (unpaired) electrons. The first kappa shape index (κ1) is 17.0. The van der Waals surface area contributed by atoms with Crippen LogP contribution in [0.5, 0.6) is 0 Å². The highest BCUT2D eigenvalue weighted by Crippen LogP contribution is 2.35. The maximum atomic E-state index is 13.7. The summed E-state index contributed by atoms with van der Waals surface area (Å²) in [5.74, 6) is 1.07. The first-order valence-electron chi connectivity index (χ1n) is 8.55. The molecule has 0 bridgehead atoms. The van der Waals surface area contributed by atoms with E-state index in [1.54, 1.807) is 23.1 Å². The van der Waals surface area contributed by atoms with Gasteiger partial charge in [0.15, 0.2) is 16.9 Å². The van der Waals surface area contributed by atoms with Gasteiger partial charge in [-0.2, -0.15) is 4.98 Å². The molecule has 1 aliphatic heterocycles. The Hall–Kier alpha value is -3.49. The number of nitrogens with two attached hydrogens (primary N) is 2. The minimum Gasteiger partial charge on any atom is -0.465 e. The SMILES string of the molecule is N=c1cc(N)n2c(n1)NC(CCCc1ccc(N)c(F)c1)(c1ccco1)N2. The van der Waals surface area contributed by atoms with Crippen molar-refractivity contribution >= 4 is 17.5 Å². The van der Waals surface area contributed by atoms with Crippen molar-refractivity contribution in [1.29, 1.82) is 5.41 Å². The molecule has 8 nitrogen and oxygen atoms in total. The van der Waals surface area contributed by atoms with Gasteiger partial charge in [0.1, 0.15) is 11.6 Å². The van der Waals surface area contributed by atoms with Crippen LogP contribution >= 0.6 is 0 Å². The first-order chi connectivity index (χ1) is 13.0. The van der Waals surface area contributed by atoms with E-state index >= 15 is 0 Å². The third-order valence-corrected chi connectivity index (χ3v) is 4.63. The van der Waals surface area contributed by atoms with Gasteiger partial charge < -0.3 is 21.2 Å². The minimum atomic E-state index is -0.766. The Morgan fingerprint density at radius 3 is 2.85 bits per heavy atom. The molecule has 3 aromatic rings. The molecule has 1 aliphatic rings. The largest absolute Gasteiger partial charge is 0.465 e. The summed E-state index contributed by atoms with van der Waals surface area (Å²) in [5, 5.41) is 11.0. The number of nitrogens with one attached hydrogen (secondary N) is 3. The standard InChI is InChI=1S/C18H20FN7O/c19-12-9-11(5-6-13(12)20)3-1-7-18(14-4-2-8-27-14)24-17-23-15(21)10-16(22)26(17)25-18/h2,4-6,8-10,25H,1,3,7,20,22H2,(H2,21,23,24). The van der Waals surface area contributed by atoms with E-state index in [-0.39, 0.29) is 11.2 Å². The summed E-state index contributed by atoms with van der Waals surface area (Å²) >= 11 is 0. The average molecular weight is 369 g/mol. The highest BCUT2D eigenvalue weighted by atomic mass is 19.1. The zero-order chi connectivity index (χ0) is 19.0. The number of nitrogens with zero attached hydrogens (tertiary/aromatic N) is 2. The van der Waals surface area contributed by atoms with Crippen LogP contribution in [0.4, 0.5) is 21.8 Å². The molecule has 0 spiro atoms. The van der Waals surface area contributed by atoms with Crippen molar-refractivity contribution < 1.29 is 8.81 Å². The van der Waals surface area contributed by atoms with Crippen LogP contribution in [0.15, 0.2) is 47.1 Å². The third kappa shape index (κ3) is 3.07. The van der Waals surface area contributed by atoms with Crippen LogP contribution in [0.1, 0.15) is 24.2 Å². The van der Waals surface area contributed by atoms with E-state index in [2.05, 4.69) is 15.7 Å². The van der Waals surface area contributed by atoms with Gasteiger partial charge in [0, 0.05) is 6.07 Å². The molecule has 9 heteroatoms. The highest BCUT2D eigenvalue weighted by Gasteiger charge is 2.41. The lowest BCUT2D eigenvalue weighted by molar-refractivity contribution is 0.371. The highest BCUT2D eigenvalue weighted by molar-refractivity contribution is 5.49. The van der Waals surface area contributed by atoms with E-state index in [0.29, 0.717) is 30.4 Å². The van der Waals surface area contributed by atoms with E-state index in [1.165, 1.54) is 12.1 Å². The Morgan fingerprint density at radius 2 is 2.11 bits per heavy atom. The number of hydrogen-bond donors (Lipinski definition) is 5. The fourth-order valence-corrected chi connectivity index (χ4v) is 3.30. The Kier molecular flexibility index (Phi) is 3.98. The van der Waals surface area contributed by atoms with Crippen molar-refractivity contribution in [2.75, 3.05) is 22.2 Å². The predicted molar refractivity (Wildman–Crippen MR) is 99.6 cm³/mol. The molecule has 27 heavy (non-hydrogen) atoms. The summed E-state index contributed by atoms with van der Waals surface area (Å²) in [6.45, 7) is 0. The van der Waals surface area contributed by atoms with E-state index in [9.17, 15) is 4.39 Å². The lowest BCUT2D eigenvalue weighted by Crippen LogP contribution is -2.40. The van der Waals surface area contributed by atoms with Gasteiger partial charge in [-0.1, -0.05) is 6.07 Å². The number of hydrogen-bond acceptors (Lipinski definition) is 7. The lowest BCUT2D eigenvalue weighted by atomic mass is 9.98. The van der Waals surface area contributed by atoms with Crippen LogP contribution in [0.2, 0.25) is 0 Å². The third-order valence-electron chi connectivity index (χ3n) is 4.63. The molecular weight excluding hydrogens is 349 g/mol. The number of furan rings is 1. The Balaban J connectivity index is 1.57. The number of nitrogen functional groups attached to an aromatic ring is 2. The number of rotatable bonds is 5. The number of benzene rings is 1. The molecule has 3 heterocycles. The molecule has 0 amide bonds. The van der Waals surface area contributed by atoms with Crippen molar-refractivity contribution in [1.82, 2.24) is 9.66 Å². The maximum absolute atomic E-state index is 13.7. The van der Waals surface area contributed by atoms with Gasteiger partial charge in [-0.15, -0.1) is 0 Å². The molecular formula is C18H20FN7O. The van der Waals surface area contributed by atoms with E-state index in [0.717, 1.165) is 12.0 Å². The van der Waals surface area contributed by atoms with E-state index < -0.39 is 11.5 Å². The molecule has 0 saturated heterocycles. The van der Waals surface area contributed by atoms with Gasteiger partial charge in [-0.05, 0) is 49.1 Å². The predicted octanol–water partition coefficient (Wildman–Crippen LogP) is 2.10. The van der Waals surface area contributed by atoms with Crippen LogP contribution < -0.4 is 27.7 Å². The molecule has 1 unspecified atom stereocenters. The zero-order valence-corrected chi connectivity index (χ0v) is 14.5. The molecule has 7 N–H and O–H groups in total. The van der Waals surface area contributed by atoms with Crippen molar-refractivity contribution in [2.45, 2.75) is 24.9 Å². The van der Waals surface area contributed by atoms with Crippen molar-refractivity contribution in [3.8, 4) is 0 Å². The molecule has 0 aliphatic carbocycles. The molecule has 0 saturated carbocycles. The molecule has 2 aromatic heterocycles. The molecule has 140 valence electrons. The van der Waals surface area contributed by atoms with Gasteiger partial charge in [0.2, 0.25) is 5.95 Å². The Morgan fingerprint density at radius 1 is 1.26 bits per heavy atom. The normalized spacial score (nSPS) is 18.0. The summed E-state index contributed by atoms with van der Waals surface area (Å²) in [6.07, 6.45) is 3.60. The zero-order valence-electron chi connectivity index (χ0n) is 14.5. The van der Waals surface area contributed by atoms with Gasteiger partial charge in [-0.25, -0.2) is 9.07 Å². The summed E-state index contributed by atoms with van der Waals surface area (Å²) in [6, 6.07) is 9.98. The van der Waals surface area contributed by atoms with Crippen molar-refractivity contribution in [2.24, 2.45) is 0 Å². The number of aromatic nitrogens is 2. The monoisotopic (exact) mass is 369 g/mol. The van der Waals surface area contributed by atoms with Crippen LogP contribution in [-0.2, 0) is 12.1 Å². The first-order valence-corrected chi connectivity index (χ1v) is 8.55. The van der Waals surface area contributed by atoms with E-state index in [1.807, 2.05) is 12.1 Å². The van der Waals surface area contributed by atoms with Crippen LogP contribution in [0.3, 0.4) is 0 Å². The van der Waals surface area contributed by atoms with Crippen LogP contribution in [0, 0.1) is 11.2 Å². The summed E-state index contributed by atoms with van der Waals surface area (Å²) in [4.78, 5) is 4.18. The van der Waals surface area contributed by atoms with Crippen molar-refractivity contribution in [3.63, 3.8) is 0 Å². The maximum Gasteiger partial charge on any atom is 0.227 e. The second-order valence-electron chi connectivity index (χ2n) is 6.55. The molecule has 0 fully saturated rings. The van der Waals surface area contributed by atoms with Gasteiger partial charge in [0.25, 0.3) is 0 Å². The lowest BCUT2D eigenvalue weighted by Gasteiger charge is -2.27. The topological polar surface area (TPSA) is 131 Å². The van der Waals surface area contributed by atoms with Crippen LogP contribution in [0.25, 0.3) is 0 Å². The quantitative estimate of drug-likeness (QED) is 0.438. The second-order valence-corrected chi connectivity index (χ2v) is 6.55. The number of anilines is 3. The van der Waals surface area contributed by atoms with Crippen molar-refractivity contribution in [3.05, 3.63) is 65.3 Å². The van der Waals surface area contributed by atoms with Gasteiger partial charge in [-0.3, -0.25) is 10.8 Å². The average Bonchev–Trinajstić information content (AvgIpc) is 3.27. The smallest absolute Gasteiger partial charge is 0.227 e. The number of aryl methyl sites for hydroxylation is 1. The second kappa shape index (κ2) is 6.35. The summed E-state index contributed by atoms with van der Waals surface area (Å²) in [7, 11) is 0. The summed E-state index contributed by atoms with van der Waals surface area (Å²) < 4.78 is 20.9. The molecule has 4 rings (SSSR count). The fourth-order valence-electron chi connectivity index (χ4n) is 3.30. The van der Waals surface area contributed by atoms with Gasteiger partial charge in [0.05, 0.1) is 12.0 Å². The van der Waals surface area contributed by atoms with E-state index in [4.69, 9.17) is 21.3 Å². The summed E-state index contributed by atoms with van der Waals surface area (Å²) in [5.41, 5.74) is 15.2. The Labute approximate surface area is 154 Å². The fraction of sp³-hybridized carbons (Fsp3) is 0.222. The van der Waals surface area contributed by atoms with Gasteiger partial charge >= 0.3 is 0 Å². The minimum absolute atomic E-state index is 0.0700. The number of fused-ring (bicyclic) bond motifs is 1. The Bertz CT molecular complexity index is 1030. The number of halogens is 1.